The molecular weight excluding hydrogens is 515 g/mol. The molecule has 11 heteroatoms. The Labute approximate surface area is 231 Å². The minimum Gasteiger partial charge on any atom is -0.481 e. The Kier molecular flexibility index (Phi) is 6.13. The second-order valence-electron chi connectivity index (χ2n) is 11.7. The monoisotopic (exact) mass is 548 g/mol. The number of aromatic amines is 1. The van der Waals surface area contributed by atoms with Crippen molar-refractivity contribution in [2.75, 3.05) is 26.9 Å². The summed E-state index contributed by atoms with van der Waals surface area (Å²) in [5.74, 6) is -0.306. The van der Waals surface area contributed by atoms with Gasteiger partial charge < -0.3 is 19.9 Å². The molecule has 3 aromatic rings. The molecule has 2 spiro atoms. The molecule has 2 aliphatic heterocycles. The third-order valence-corrected chi connectivity index (χ3v) is 9.36. The number of aliphatic hydroxyl groups excluding tert-OH is 1. The van der Waals surface area contributed by atoms with E-state index in [0.29, 0.717) is 30.8 Å². The minimum absolute atomic E-state index is 0.0478. The van der Waals surface area contributed by atoms with Crippen molar-refractivity contribution in [2.24, 2.45) is 5.92 Å². The van der Waals surface area contributed by atoms with E-state index in [1.54, 1.807) is 12.3 Å². The van der Waals surface area contributed by atoms with Crippen molar-refractivity contribution in [1.29, 1.82) is 0 Å². The van der Waals surface area contributed by atoms with Crippen LogP contribution in [0.2, 0.25) is 0 Å². The van der Waals surface area contributed by atoms with E-state index in [2.05, 4.69) is 36.4 Å². The van der Waals surface area contributed by atoms with E-state index in [1.165, 1.54) is 18.7 Å². The summed E-state index contributed by atoms with van der Waals surface area (Å²) in [5, 5.41) is 21.8. The number of likely N-dealkylation sites (tertiary alicyclic amines) is 1. The molecule has 10 nitrogen and oxygen atoms in total. The smallest absolute Gasteiger partial charge is 0.223 e. The van der Waals surface area contributed by atoms with Gasteiger partial charge >= 0.3 is 0 Å². The van der Waals surface area contributed by atoms with Gasteiger partial charge in [-0.2, -0.15) is 5.10 Å². The number of hydrogen-bond donors (Lipinski definition) is 3. The van der Waals surface area contributed by atoms with Crippen LogP contribution in [0, 0.1) is 11.7 Å². The highest BCUT2D eigenvalue weighted by Crippen LogP contribution is 2.53. The summed E-state index contributed by atoms with van der Waals surface area (Å²) >= 11 is 0. The molecule has 2 unspecified atom stereocenters. The second kappa shape index (κ2) is 9.60. The normalized spacial score (nSPS) is 25.2. The van der Waals surface area contributed by atoms with Crippen molar-refractivity contribution >= 4 is 5.91 Å². The van der Waals surface area contributed by atoms with E-state index in [-0.39, 0.29) is 40.3 Å². The summed E-state index contributed by atoms with van der Waals surface area (Å²) in [4.78, 5) is 24.1. The lowest BCUT2D eigenvalue weighted by Gasteiger charge is -2.47. The molecule has 5 heterocycles. The molecule has 40 heavy (non-hydrogen) atoms. The van der Waals surface area contributed by atoms with Gasteiger partial charge in [0.05, 0.1) is 49.6 Å². The van der Waals surface area contributed by atoms with Crippen LogP contribution in [0.3, 0.4) is 0 Å². The Morgan fingerprint density at radius 3 is 2.88 bits per heavy atom. The molecule has 1 saturated carbocycles. The Balaban J connectivity index is 1.03. The van der Waals surface area contributed by atoms with Gasteiger partial charge in [0.25, 0.3) is 0 Å². The number of pyridine rings is 2. The van der Waals surface area contributed by atoms with Gasteiger partial charge in [0.2, 0.25) is 11.8 Å². The second-order valence-corrected chi connectivity index (χ2v) is 11.7. The molecule has 210 valence electrons. The Hall–Kier alpha value is -3.41. The molecule has 1 amide bonds. The van der Waals surface area contributed by atoms with E-state index in [0.717, 1.165) is 50.8 Å². The fraction of sp³-hybridized carbons (Fsp3) is 0.517. The number of halogens is 1. The van der Waals surface area contributed by atoms with Gasteiger partial charge in [0, 0.05) is 41.2 Å². The van der Waals surface area contributed by atoms with E-state index in [9.17, 15) is 14.3 Å². The Morgan fingerprint density at radius 2 is 2.12 bits per heavy atom. The molecule has 3 fully saturated rings. The topological polar surface area (TPSA) is 125 Å². The number of carbonyl (C=O) groups excluding carboxylic acids is 1. The quantitative estimate of drug-likeness (QED) is 0.429. The SMILES string of the molecule is COc1cc(-c2cc(C(O)N3CC[C@H](C(=O)NC4CCC5(COC5)c5cccnc54)CC34CC4)[nH]n2)c(F)cn1. The van der Waals surface area contributed by atoms with Crippen LogP contribution < -0.4 is 10.1 Å². The lowest BCUT2D eigenvalue weighted by molar-refractivity contribution is -0.132. The van der Waals surface area contributed by atoms with Gasteiger partial charge in [-0.15, -0.1) is 0 Å². The van der Waals surface area contributed by atoms with Gasteiger partial charge in [0.1, 0.15) is 6.23 Å². The fourth-order valence-corrected chi connectivity index (χ4v) is 6.87. The van der Waals surface area contributed by atoms with Gasteiger partial charge in [-0.25, -0.2) is 9.37 Å². The summed E-state index contributed by atoms with van der Waals surface area (Å²) in [6, 6.07) is 7.14. The predicted molar refractivity (Wildman–Crippen MR) is 142 cm³/mol. The third kappa shape index (κ3) is 4.18. The summed E-state index contributed by atoms with van der Waals surface area (Å²) in [7, 11) is 1.47. The zero-order chi connectivity index (χ0) is 27.5. The number of amides is 1. The summed E-state index contributed by atoms with van der Waals surface area (Å²) < 4.78 is 25.1. The maximum atomic E-state index is 14.4. The first-order chi connectivity index (χ1) is 19.4. The number of rotatable bonds is 6. The van der Waals surface area contributed by atoms with E-state index in [1.807, 2.05) is 6.07 Å². The maximum absolute atomic E-state index is 14.4. The van der Waals surface area contributed by atoms with Crippen molar-refractivity contribution in [2.45, 2.75) is 61.7 Å². The largest absolute Gasteiger partial charge is 0.481 e. The number of ether oxygens (including phenoxy) is 2. The van der Waals surface area contributed by atoms with Gasteiger partial charge in [0.15, 0.2) is 5.82 Å². The highest BCUT2D eigenvalue weighted by Gasteiger charge is 2.55. The average molecular weight is 549 g/mol. The first-order valence-electron chi connectivity index (χ1n) is 13.9. The van der Waals surface area contributed by atoms with E-state index in [4.69, 9.17) is 9.47 Å². The minimum atomic E-state index is -0.935. The van der Waals surface area contributed by atoms with Crippen LogP contribution in [-0.2, 0) is 14.9 Å². The molecular formula is C29H33FN6O4. The van der Waals surface area contributed by atoms with Crippen LogP contribution in [0.5, 0.6) is 5.88 Å². The Morgan fingerprint density at radius 1 is 1.27 bits per heavy atom. The number of aromatic nitrogens is 4. The lowest BCUT2D eigenvalue weighted by atomic mass is 9.68. The number of aliphatic hydroxyl groups is 1. The van der Waals surface area contributed by atoms with Crippen LogP contribution in [0.15, 0.2) is 36.7 Å². The number of nitrogens with one attached hydrogen (secondary N) is 2. The summed E-state index contributed by atoms with van der Waals surface area (Å²) in [5.41, 5.74) is 3.09. The summed E-state index contributed by atoms with van der Waals surface area (Å²) in [6.07, 6.45) is 6.96. The molecule has 0 radical (unpaired) electrons. The Bertz CT molecular complexity index is 1440. The van der Waals surface area contributed by atoms with Crippen molar-refractivity contribution in [1.82, 2.24) is 30.4 Å². The van der Waals surface area contributed by atoms with Crippen molar-refractivity contribution < 1.29 is 23.8 Å². The van der Waals surface area contributed by atoms with Crippen LogP contribution in [0.4, 0.5) is 4.39 Å². The van der Waals surface area contributed by atoms with Crippen LogP contribution in [0.25, 0.3) is 11.3 Å². The number of piperidine rings is 1. The van der Waals surface area contributed by atoms with E-state index < -0.39 is 12.0 Å². The molecule has 2 saturated heterocycles. The molecule has 3 aromatic heterocycles. The first kappa shape index (κ1) is 25.6. The molecule has 7 rings (SSSR count). The molecule has 0 bridgehead atoms. The fourth-order valence-electron chi connectivity index (χ4n) is 6.87. The molecule has 4 aliphatic rings. The first-order valence-corrected chi connectivity index (χ1v) is 13.9. The number of nitrogens with zero attached hydrogens (tertiary/aromatic N) is 4. The number of hydrogen-bond acceptors (Lipinski definition) is 8. The molecule has 3 N–H and O–H groups in total. The number of fused-ring (bicyclic) bond motifs is 2. The van der Waals surface area contributed by atoms with Crippen molar-refractivity contribution in [3.63, 3.8) is 0 Å². The zero-order valence-corrected chi connectivity index (χ0v) is 22.4. The standard InChI is InChI=1S/C29H33FN6O4/c1-39-24-11-18(20(30)14-32-24)22-12-23(35-34-22)27(38)36-10-5-17(13-29(36)7-8-29)26(37)33-21-4-6-28(15-40-16-28)19-3-2-9-31-25(19)21/h2-3,9,11-12,14,17,21,27,38H,4-8,10,13,15-16H2,1H3,(H,33,37)(H,34,35)/t17-,21?,27?/m0/s1. The van der Waals surface area contributed by atoms with Crippen LogP contribution in [0.1, 0.15) is 67.7 Å². The molecule has 3 atom stereocenters. The van der Waals surface area contributed by atoms with Gasteiger partial charge in [-0.3, -0.25) is 19.8 Å². The third-order valence-electron chi connectivity index (χ3n) is 9.36. The average Bonchev–Trinajstić information content (AvgIpc) is 3.53. The zero-order valence-electron chi connectivity index (χ0n) is 22.4. The lowest BCUT2D eigenvalue weighted by Crippen LogP contribution is -2.52. The van der Waals surface area contributed by atoms with Crippen LogP contribution >= 0.6 is 0 Å². The molecule has 2 aliphatic carbocycles. The van der Waals surface area contributed by atoms with Crippen molar-refractivity contribution in [3.8, 4) is 17.1 Å². The van der Waals surface area contributed by atoms with Crippen molar-refractivity contribution in [3.05, 3.63) is 59.4 Å². The number of H-pyrrole nitrogens is 1. The molecule has 0 aromatic carbocycles. The maximum Gasteiger partial charge on any atom is 0.223 e. The summed E-state index contributed by atoms with van der Waals surface area (Å²) in [6.45, 7) is 2.02. The van der Waals surface area contributed by atoms with E-state index >= 15 is 0 Å². The highest BCUT2D eigenvalue weighted by molar-refractivity contribution is 5.79. The highest BCUT2D eigenvalue weighted by atomic mass is 19.1. The van der Waals surface area contributed by atoms with Crippen LogP contribution in [-0.4, -0.2) is 68.5 Å². The van der Waals surface area contributed by atoms with Gasteiger partial charge in [-0.1, -0.05) is 6.07 Å². The predicted octanol–water partition coefficient (Wildman–Crippen LogP) is 3.17. The number of carbonyl (C=O) groups is 1. The van der Waals surface area contributed by atoms with Gasteiger partial charge in [-0.05, 0) is 56.2 Å². The number of methoxy groups -OCH3 is 1.